The molecule has 0 saturated heterocycles. The number of hydrogen-bond donors (Lipinski definition) is 2. The predicted octanol–water partition coefficient (Wildman–Crippen LogP) is 2.48. The summed E-state index contributed by atoms with van der Waals surface area (Å²) < 4.78 is 5.06. The maximum absolute atomic E-state index is 11.5. The number of carbonyl (C=O) groups excluding carboxylic acids is 2. The molecule has 0 fully saturated rings. The van der Waals surface area contributed by atoms with Crippen molar-refractivity contribution in [3.63, 3.8) is 0 Å². The van der Waals surface area contributed by atoms with Crippen molar-refractivity contribution in [3.05, 3.63) is 23.8 Å². The first kappa shape index (κ1) is 14.0. The second-order valence-corrected chi connectivity index (χ2v) is 4.85. The van der Waals surface area contributed by atoms with Crippen LogP contribution in [0, 0.1) is 0 Å². The van der Waals surface area contributed by atoms with Gasteiger partial charge in [-0.1, -0.05) is 6.07 Å². The number of phenols is 1. The van der Waals surface area contributed by atoms with Crippen LogP contribution in [-0.2, 0) is 16.0 Å². The smallest absolute Gasteiger partial charge is 0.412 e. The normalized spacial score (nSPS) is 10.8. The molecule has 0 aromatic heterocycles. The number of phenolic OH excluding ortho intramolecular Hbond substituents is 1. The zero-order chi connectivity index (χ0) is 13.8. The predicted molar refractivity (Wildman–Crippen MR) is 67.7 cm³/mol. The zero-order valence-corrected chi connectivity index (χ0v) is 10.7. The summed E-state index contributed by atoms with van der Waals surface area (Å²) in [6.07, 6.45) is 0.330. The van der Waals surface area contributed by atoms with Gasteiger partial charge in [0.25, 0.3) is 0 Å². The van der Waals surface area contributed by atoms with Gasteiger partial charge in [0, 0.05) is 6.42 Å². The van der Waals surface area contributed by atoms with Gasteiger partial charge in [-0.3, -0.25) is 5.32 Å². The van der Waals surface area contributed by atoms with Crippen molar-refractivity contribution >= 4 is 18.1 Å². The van der Waals surface area contributed by atoms with Crippen molar-refractivity contribution in [2.24, 2.45) is 0 Å². The van der Waals surface area contributed by atoms with Gasteiger partial charge in [-0.2, -0.15) is 0 Å². The van der Waals surface area contributed by atoms with E-state index in [2.05, 4.69) is 5.32 Å². The van der Waals surface area contributed by atoms with Crippen molar-refractivity contribution in [1.29, 1.82) is 0 Å². The molecule has 0 heterocycles. The third-order valence-corrected chi connectivity index (χ3v) is 2.02. The van der Waals surface area contributed by atoms with Gasteiger partial charge in [-0.25, -0.2) is 4.79 Å². The maximum Gasteiger partial charge on any atom is 0.412 e. The monoisotopic (exact) mass is 251 g/mol. The average Bonchev–Trinajstić information content (AvgIpc) is 2.20. The van der Waals surface area contributed by atoms with Crippen molar-refractivity contribution in [3.8, 4) is 5.75 Å². The van der Waals surface area contributed by atoms with Crippen LogP contribution in [-0.4, -0.2) is 23.1 Å². The standard InChI is InChI=1S/C13H17NO4/c1-13(2,3)18-12(17)14-10-5-4-9(6-7-15)8-11(10)16/h4-5,7-8,16H,6H2,1-3H3,(H,14,17). The van der Waals surface area contributed by atoms with Crippen molar-refractivity contribution < 1.29 is 19.4 Å². The van der Waals surface area contributed by atoms with E-state index >= 15 is 0 Å². The lowest BCUT2D eigenvalue weighted by atomic mass is 10.1. The van der Waals surface area contributed by atoms with E-state index in [9.17, 15) is 14.7 Å². The molecule has 0 aliphatic carbocycles. The summed E-state index contributed by atoms with van der Waals surface area (Å²) >= 11 is 0. The fraction of sp³-hybridized carbons (Fsp3) is 0.385. The van der Waals surface area contributed by atoms with Crippen LogP contribution in [0.3, 0.4) is 0 Å². The Kier molecular flexibility index (Phi) is 4.31. The molecular formula is C13H17NO4. The Balaban J connectivity index is 2.73. The molecule has 0 atom stereocenters. The van der Waals surface area contributed by atoms with E-state index in [1.807, 2.05) is 0 Å². The van der Waals surface area contributed by atoms with Crippen LogP contribution < -0.4 is 5.32 Å². The first-order chi connectivity index (χ1) is 8.31. The van der Waals surface area contributed by atoms with Gasteiger partial charge in [-0.15, -0.1) is 0 Å². The van der Waals surface area contributed by atoms with E-state index in [-0.39, 0.29) is 17.9 Å². The van der Waals surface area contributed by atoms with Crippen molar-refractivity contribution in [2.45, 2.75) is 32.8 Å². The van der Waals surface area contributed by atoms with Crippen LogP contribution in [0.15, 0.2) is 18.2 Å². The molecule has 98 valence electrons. The SMILES string of the molecule is CC(C)(C)OC(=O)Nc1ccc(CC=O)cc1O. The van der Waals surface area contributed by atoms with E-state index in [1.54, 1.807) is 26.8 Å². The van der Waals surface area contributed by atoms with E-state index < -0.39 is 11.7 Å². The highest BCUT2D eigenvalue weighted by Crippen LogP contribution is 2.25. The number of ether oxygens (including phenoxy) is 1. The van der Waals surface area contributed by atoms with Gasteiger partial charge < -0.3 is 14.6 Å². The summed E-state index contributed by atoms with van der Waals surface area (Å²) in [6, 6.07) is 4.61. The molecule has 2 N–H and O–H groups in total. The number of rotatable bonds is 3. The molecule has 5 heteroatoms. The first-order valence-corrected chi connectivity index (χ1v) is 5.57. The number of carbonyl (C=O) groups is 2. The Morgan fingerprint density at radius 2 is 2.11 bits per heavy atom. The highest BCUT2D eigenvalue weighted by atomic mass is 16.6. The molecule has 0 aliphatic heterocycles. The third kappa shape index (κ3) is 4.45. The lowest BCUT2D eigenvalue weighted by Gasteiger charge is -2.20. The van der Waals surface area contributed by atoms with Gasteiger partial charge >= 0.3 is 6.09 Å². The van der Waals surface area contributed by atoms with Crippen LogP contribution in [0.2, 0.25) is 0 Å². The number of anilines is 1. The molecule has 5 nitrogen and oxygen atoms in total. The molecular weight excluding hydrogens is 234 g/mol. The number of hydrogen-bond acceptors (Lipinski definition) is 4. The molecule has 18 heavy (non-hydrogen) atoms. The minimum Gasteiger partial charge on any atom is -0.506 e. The molecule has 0 radical (unpaired) electrons. The lowest BCUT2D eigenvalue weighted by molar-refractivity contribution is -0.107. The Morgan fingerprint density at radius 1 is 1.44 bits per heavy atom. The second kappa shape index (κ2) is 5.53. The van der Waals surface area contributed by atoms with Crippen LogP contribution in [0.25, 0.3) is 0 Å². The zero-order valence-electron chi connectivity index (χ0n) is 10.7. The average molecular weight is 251 g/mol. The van der Waals surface area contributed by atoms with E-state index in [0.29, 0.717) is 5.56 Å². The Morgan fingerprint density at radius 3 is 2.61 bits per heavy atom. The molecule has 0 spiro atoms. The largest absolute Gasteiger partial charge is 0.506 e. The third-order valence-electron chi connectivity index (χ3n) is 2.02. The Hall–Kier alpha value is -2.04. The van der Waals surface area contributed by atoms with Crippen LogP contribution >= 0.6 is 0 Å². The summed E-state index contributed by atoms with van der Waals surface area (Å²) in [7, 11) is 0. The summed E-state index contributed by atoms with van der Waals surface area (Å²) in [6.45, 7) is 5.25. The van der Waals surface area contributed by atoms with Crippen LogP contribution in [0.1, 0.15) is 26.3 Å². The number of aldehydes is 1. The summed E-state index contributed by atoms with van der Waals surface area (Å²) in [5.74, 6) is -0.0970. The molecule has 0 aliphatic rings. The van der Waals surface area contributed by atoms with Crippen LogP contribution in [0.4, 0.5) is 10.5 Å². The number of amides is 1. The molecule has 0 bridgehead atoms. The maximum atomic E-state index is 11.5. The van der Waals surface area contributed by atoms with E-state index in [0.717, 1.165) is 6.29 Å². The molecule has 1 aromatic rings. The first-order valence-electron chi connectivity index (χ1n) is 5.57. The topological polar surface area (TPSA) is 75.6 Å². The van der Waals surface area contributed by atoms with Gasteiger partial charge in [0.1, 0.15) is 17.6 Å². The minimum atomic E-state index is -0.638. The second-order valence-electron chi connectivity index (χ2n) is 4.85. The fourth-order valence-corrected chi connectivity index (χ4v) is 1.32. The summed E-state index contributed by atoms with van der Waals surface area (Å²) in [4.78, 5) is 21.8. The highest BCUT2D eigenvalue weighted by molar-refractivity contribution is 5.87. The fourth-order valence-electron chi connectivity index (χ4n) is 1.32. The number of aromatic hydroxyl groups is 1. The summed E-state index contributed by atoms with van der Waals surface area (Å²) in [5, 5.41) is 12.1. The van der Waals surface area contributed by atoms with Gasteiger partial charge in [-0.05, 0) is 38.5 Å². The minimum absolute atomic E-state index is 0.0970. The van der Waals surface area contributed by atoms with Gasteiger partial charge in [0.05, 0.1) is 5.69 Å². The van der Waals surface area contributed by atoms with Crippen LogP contribution in [0.5, 0.6) is 5.75 Å². The summed E-state index contributed by atoms with van der Waals surface area (Å²) in [5.41, 5.74) is 0.327. The Bertz CT molecular complexity index is 449. The van der Waals surface area contributed by atoms with Gasteiger partial charge in [0.15, 0.2) is 0 Å². The lowest BCUT2D eigenvalue weighted by Crippen LogP contribution is -2.27. The molecule has 0 unspecified atom stereocenters. The van der Waals surface area contributed by atoms with E-state index in [4.69, 9.17) is 4.74 Å². The molecule has 1 amide bonds. The number of benzene rings is 1. The molecule has 1 aromatic carbocycles. The number of nitrogens with one attached hydrogen (secondary N) is 1. The molecule has 0 saturated carbocycles. The van der Waals surface area contributed by atoms with Crippen molar-refractivity contribution in [1.82, 2.24) is 0 Å². The quantitative estimate of drug-likeness (QED) is 0.639. The van der Waals surface area contributed by atoms with E-state index in [1.165, 1.54) is 12.1 Å². The van der Waals surface area contributed by atoms with Crippen molar-refractivity contribution in [2.75, 3.05) is 5.32 Å². The highest BCUT2D eigenvalue weighted by Gasteiger charge is 2.17. The Labute approximate surface area is 106 Å². The van der Waals surface area contributed by atoms with Gasteiger partial charge in [0.2, 0.25) is 0 Å². The molecule has 1 rings (SSSR count).